The average Bonchev–Trinajstić information content (AvgIpc) is 2.57. The van der Waals surface area contributed by atoms with Gasteiger partial charge in [-0.3, -0.25) is 0 Å². The lowest BCUT2D eigenvalue weighted by atomic mass is 10.1. The molecule has 0 radical (unpaired) electrons. The van der Waals surface area contributed by atoms with Crippen molar-refractivity contribution in [1.29, 1.82) is 0 Å². The van der Waals surface area contributed by atoms with Crippen molar-refractivity contribution in [2.75, 3.05) is 0 Å². The number of hydrogen-bond acceptors (Lipinski definition) is 1. The van der Waals surface area contributed by atoms with Gasteiger partial charge in [0.15, 0.2) is 0 Å². The van der Waals surface area contributed by atoms with Gasteiger partial charge in [0.2, 0.25) is 0 Å². The fraction of sp³-hybridized carbons (Fsp3) is 0. The van der Waals surface area contributed by atoms with Gasteiger partial charge < -0.3 is 11.1 Å². The lowest BCUT2D eigenvalue weighted by Crippen LogP contribution is -1.67. The summed E-state index contributed by atoms with van der Waals surface area (Å²) in [6, 6.07) is 14.1. The van der Waals surface area contributed by atoms with E-state index in [1.165, 1.54) is 5.39 Å². The highest BCUT2D eigenvalue weighted by Gasteiger charge is 2.05. The number of rotatable bonds is 0. The van der Waals surface area contributed by atoms with E-state index in [4.69, 9.17) is 11.6 Å². The fourth-order valence-electron chi connectivity index (χ4n) is 1.86. The Labute approximate surface area is 92.4 Å². The first-order chi connectivity index (χ1) is 6.86. The number of para-hydroxylation sites is 1. The quantitative estimate of drug-likeness (QED) is 0.586. The molecule has 76 valence electrons. The van der Waals surface area contributed by atoms with Crippen LogP contribution in [-0.2, 0) is 0 Å². The van der Waals surface area contributed by atoms with Gasteiger partial charge in [0.25, 0.3) is 0 Å². The molecule has 15 heavy (non-hydrogen) atoms. The summed E-state index contributed by atoms with van der Waals surface area (Å²) < 4.78 is 0. The summed E-state index contributed by atoms with van der Waals surface area (Å²) in [5.41, 5.74) is 2.23. The third-order valence-corrected chi connectivity index (χ3v) is 2.79. The maximum absolute atomic E-state index is 6.16. The molecule has 2 nitrogen and oxygen atoms in total. The molecule has 0 aliphatic carbocycles. The highest BCUT2D eigenvalue weighted by atomic mass is 35.5. The Kier molecular flexibility index (Phi) is 2.39. The van der Waals surface area contributed by atoms with Crippen LogP contribution in [0.5, 0.6) is 0 Å². The van der Waals surface area contributed by atoms with E-state index in [1.807, 2.05) is 30.3 Å². The first-order valence-corrected chi connectivity index (χ1v) is 4.89. The van der Waals surface area contributed by atoms with Crippen molar-refractivity contribution in [3.05, 3.63) is 47.5 Å². The molecule has 0 aliphatic heterocycles. The van der Waals surface area contributed by atoms with E-state index in [-0.39, 0.29) is 6.15 Å². The molecule has 0 bridgehead atoms. The van der Waals surface area contributed by atoms with Crippen LogP contribution in [0, 0.1) is 0 Å². The highest BCUT2D eigenvalue weighted by molar-refractivity contribution is 6.37. The first-order valence-electron chi connectivity index (χ1n) is 4.51. The summed E-state index contributed by atoms with van der Waals surface area (Å²) in [6.45, 7) is 0. The standard InChI is InChI=1S/C12H8ClN.H3N/c13-9-5-3-7-11-12(9)8-4-1-2-6-10(8)14-11;/h1-7,14H;1H3. The lowest BCUT2D eigenvalue weighted by molar-refractivity contribution is 1.55. The van der Waals surface area contributed by atoms with Gasteiger partial charge in [-0.2, -0.15) is 0 Å². The lowest BCUT2D eigenvalue weighted by Gasteiger charge is -1.93. The molecule has 0 fully saturated rings. The molecule has 2 aromatic carbocycles. The molecule has 0 saturated heterocycles. The summed E-state index contributed by atoms with van der Waals surface area (Å²) in [4.78, 5) is 3.33. The van der Waals surface area contributed by atoms with Gasteiger partial charge in [0.1, 0.15) is 0 Å². The van der Waals surface area contributed by atoms with Crippen LogP contribution in [0.1, 0.15) is 0 Å². The van der Waals surface area contributed by atoms with E-state index in [2.05, 4.69) is 17.1 Å². The van der Waals surface area contributed by atoms with Crippen molar-refractivity contribution in [1.82, 2.24) is 11.1 Å². The van der Waals surface area contributed by atoms with Crippen molar-refractivity contribution in [3.8, 4) is 0 Å². The van der Waals surface area contributed by atoms with Gasteiger partial charge in [-0.25, -0.2) is 0 Å². The molecule has 3 heteroatoms. The molecule has 0 saturated carbocycles. The molecule has 0 aliphatic rings. The van der Waals surface area contributed by atoms with Crippen molar-refractivity contribution in [2.24, 2.45) is 0 Å². The van der Waals surface area contributed by atoms with Crippen LogP contribution in [0.25, 0.3) is 21.8 Å². The zero-order valence-electron chi connectivity index (χ0n) is 8.13. The minimum atomic E-state index is 0. The molecule has 0 atom stereocenters. The van der Waals surface area contributed by atoms with Crippen LogP contribution in [0.2, 0.25) is 5.02 Å². The Bertz CT molecular complexity index is 613. The van der Waals surface area contributed by atoms with E-state index in [1.54, 1.807) is 0 Å². The largest absolute Gasteiger partial charge is 0.354 e. The van der Waals surface area contributed by atoms with Crippen molar-refractivity contribution < 1.29 is 0 Å². The second-order valence-corrected chi connectivity index (χ2v) is 3.74. The van der Waals surface area contributed by atoms with Gasteiger partial charge in [0, 0.05) is 21.8 Å². The normalized spacial score (nSPS) is 10.5. The van der Waals surface area contributed by atoms with E-state index in [0.717, 1.165) is 21.4 Å². The minimum absolute atomic E-state index is 0. The number of aromatic amines is 1. The Morgan fingerprint density at radius 3 is 2.47 bits per heavy atom. The summed E-state index contributed by atoms with van der Waals surface area (Å²) >= 11 is 6.16. The number of halogens is 1. The number of H-pyrrole nitrogens is 1. The molecule has 3 rings (SSSR count). The molecule has 3 aromatic rings. The molecule has 1 heterocycles. The van der Waals surface area contributed by atoms with Gasteiger partial charge in [-0.15, -0.1) is 0 Å². The predicted octanol–water partition coefficient (Wildman–Crippen LogP) is 4.14. The smallest absolute Gasteiger partial charge is 0.0506 e. The number of fused-ring (bicyclic) bond motifs is 3. The monoisotopic (exact) mass is 218 g/mol. The second-order valence-electron chi connectivity index (χ2n) is 3.33. The number of aromatic nitrogens is 1. The van der Waals surface area contributed by atoms with Crippen LogP contribution in [0.4, 0.5) is 0 Å². The zero-order chi connectivity index (χ0) is 9.54. The van der Waals surface area contributed by atoms with Crippen LogP contribution in [0.3, 0.4) is 0 Å². The SMILES string of the molecule is Clc1cccc2[nH]c3ccccc3c12.N. The molecule has 4 N–H and O–H groups in total. The maximum atomic E-state index is 6.16. The number of nitrogens with one attached hydrogen (secondary N) is 1. The van der Waals surface area contributed by atoms with Crippen LogP contribution in [0.15, 0.2) is 42.5 Å². The Hall–Kier alpha value is -1.51. The average molecular weight is 219 g/mol. The van der Waals surface area contributed by atoms with Gasteiger partial charge in [-0.05, 0) is 18.2 Å². The van der Waals surface area contributed by atoms with Crippen LogP contribution in [-0.4, -0.2) is 4.98 Å². The van der Waals surface area contributed by atoms with Gasteiger partial charge in [0.05, 0.1) is 5.02 Å². The van der Waals surface area contributed by atoms with Crippen LogP contribution >= 0.6 is 11.6 Å². The number of benzene rings is 2. The fourth-order valence-corrected chi connectivity index (χ4v) is 2.13. The van der Waals surface area contributed by atoms with Crippen molar-refractivity contribution >= 4 is 33.4 Å². The van der Waals surface area contributed by atoms with E-state index >= 15 is 0 Å². The summed E-state index contributed by atoms with van der Waals surface area (Å²) in [5.74, 6) is 0. The highest BCUT2D eigenvalue weighted by Crippen LogP contribution is 2.30. The van der Waals surface area contributed by atoms with E-state index in [0.29, 0.717) is 0 Å². The van der Waals surface area contributed by atoms with Crippen LogP contribution < -0.4 is 6.15 Å². The van der Waals surface area contributed by atoms with Crippen molar-refractivity contribution in [3.63, 3.8) is 0 Å². The molecular formula is C12H11ClN2. The first kappa shape index (κ1) is 10.0. The summed E-state index contributed by atoms with van der Waals surface area (Å²) in [6.07, 6.45) is 0. The molecule has 0 spiro atoms. The Morgan fingerprint density at radius 2 is 1.60 bits per heavy atom. The molecule has 1 aromatic heterocycles. The van der Waals surface area contributed by atoms with Gasteiger partial charge in [-0.1, -0.05) is 35.9 Å². The Balaban J connectivity index is 0.000000853. The van der Waals surface area contributed by atoms with E-state index < -0.39 is 0 Å². The van der Waals surface area contributed by atoms with E-state index in [9.17, 15) is 0 Å². The number of hydrogen-bond donors (Lipinski definition) is 2. The Morgan fingerprint density at radius 1 is 0.867 bits per heavy atom. The topological polar surface area (TPSA) is 50.8 Å². The summed E-state index contributed by atoms with van der Waals surface area (Å²) in [5, 5.41) is 3.11. The molecular weight excluding hydrogens is 208 g/mol. The van der Waals surface area contributed by atoms with Gasteiger partial charge >= 0.3 is 0 Å². The maximum Gasteiger partial charge on any atom is 0.0506 e. The molecule has 0 unspecified atom stereocenters. The zero-order valence-corrected chi connectivity index (χ0v) is 8.88. The van der Waals surface area contributed by atoms with Crippen molar-refractivity contribution in [2.45, 2.75) is 0 Å². The predicted molar refractivity (Wildman–Crippen MR) is 65.8 cm³/mol. The third-order valence-electron chi connectivity index (χ3n) is 2.48. The minimum Gasteiger partial charge on any atom is -0.354 e. The second kappa shape index (κ2) is 3.57. The molecule has 0 amide bonds. The summed E-state index contributed by atoms with van der Waals surface area (Å²) in [7, 11) is 0. The third kappa shape index (κ3) is 1.39.